The molecular weight excluding hydrogens is 741 g/mol. The molecular formula is C58H36N2O. The van der Waals surface area contributed by atoms with Crippen LogP contribution < -0.4 is 0 Å². The molecule has 0 fully saturated rings. The largest absolute Gasteiger partial charge is 0.455 e. The Morgan fingerprint density at radius 1 is 0.361 bits per heavy atom. The third-order valence-corrected chi connectivity index (χ3v) is 10.4. The third-order valence-electron chi connectivity index (χ3n) is 10.4. The van der Waals surface area contributed by atoms with Crippen LogP contribution in [0.1, 0.15) is 34.3 Å². The number of furan rings is 1. The molecule has 3 heterocycles. The van der Waals surface area contributed by atoms with Crippen molar-refractivity contribution >= 4 is 54.1 Å². The van der Waals surface area contributed by atoms with E-state index >= 15 is 0 Å². The molecule has 0 amide bonds. The zero-order valence-corrected chi connectivity index (χ0v) is 31.2. The quantitative estimate of drug-likeness (QED) is 0.124. The van der Waals surface area contributed by atoms with Gasteiger partial charge in [0, 0.05) is 44.8 Å². The van der Waals surface area contributed by atoms with E-state index in [1.807, 2.05) is 0 Å². The van der Waals surface area contributed by atoms with Crippen LogP contribution in [0.15, 0.2) is 222 Å². The van der Waals surface area contributed by atoms with Crippen LogP contribution in [0.3, 0.4) is 0 Å². The van der Waals surface area contributed by atoms with E-state index in [4.69, 9.17) is 30.0 Å². The molecule has 0 atom stereocenters. The van der Waals surface area contributed by atoms with Crippen molar-refractivity contribution in [3.8, 4) is 67.3 Å². The molecule has 0 saturated heterocycles. The number of fused-ring (bicyclic) bond motifs is 6. The predicted octanol–water partition coefficient (Wildman–Crippen LogP) is 15.8. The average Bonchev–Trinajstić information content (AvgIpc) is 1.12. The summed E-state index contributed by atoms with van der Waals surface area (Å²) in [5, 5.41) is -2.42. The maximum absolute atomic E-state index is 9.77. The van der Waals surface area contributed by atoms with Gasteiger partial charge in [0.1, 0.15) is 11.5 Å². The summed E-state index contributed by atoms with van der Waals surface area (Å²) in [6, 6.07) is -1.58. The van der Waals surface area contributed by atoms with Crippen LogP contribution in [0, 0.1) is 0 Å². The normalized spacial score (nSPS) is 17.3. The summed E-state index contributed by atoms with van der Waals surface area (Å²) < 4.78 is 234. The van der Waals surface area contributed by atoms with E-state index in [0.717, 1.165) is 0 Å². The van der Waals surface area contributed by atoms with Crippen LogP contribution in [0.4, 0.5) is 0 Å². The van der Waals surface area contributed by atoms with Gasteiger partial charge in [0.25, 0.3) is 0 Å². The molecule has 0 N–H and O–H groups in total. The monoisotopic (exact) mass is 801 g/mol. The molecule has 3 aromatic heterocycles. The zero-order valence-electron chi connectivity index (χ0n) is 56.2. The summed E-state index contributed by atoms with van der Waals surface area (Å²) >= 11 is 0. The molecule has 12 aromatic rings. The number of hydrogen-bond donors (Lipinski definition) is 0. The molecule has 0 saturated carbocycles. The smallest absolute Gasteiger partial charge is 0.144 e. The van der Waals surface area contributed by atoms with Gasteiger partial charge in [0.05, 0.1) is 51.0 Å². The molecule has 0 aliphatic rings. The van der Waals surface area contributed by atoms with E-state index in [9.17, 15) is 13.7 Å². The molecule has 12 rings (SSSR count). The van der Waals surface area contributed by atoms with Gasteiger partial charge < -0.3 is 4.42 Å². The third kappa shape index (κ3) is 5.66. The van der Waals surface area contributed by atoms with E-state index in [-0.39, 0.29) is 71.8 Å². The number of aromatic nitrogens is 2. The highest BCUT2D eigenvalue weighted by molar-refractivity contribution is 6.23. The second-order valence-electron chi connectivity index (χ2n) is 13.7. The molecule has 9 aromatic carbocycles. The Kier molecular flexibility index (Phi) is 4.22. The van der Waals surface area contributed by atoms with Crippen LogP contribution in [-0.4, -0.2) is 9.97 Å². The van der Waals surface area contributed by atoms with Crippen LogP contribution in [0.5, 0.6) is 0 Å². The first-order valence-electron chi connectivity index (χ1n) is 31.2. The molecule has 0 spiro atoms. The van der Waals surface area contributed by atoms with E-state index in [2.05, 4.69) is 4.98 Å². The highest BCUT2D eigenvalue weighted by Crippen LogP contribution is 2.54. The van der Waals surface area contributed by atoms with Crippen molar-refractivity contribution < 1.29 is 38.7 Å². The van der Waals surface area contributed by atoms with E-state index < -0.39 is 201 Å². The minimum Gasteiger partial charge on any atom is -0.455 e. The van der Waals surface area contributed by atoms with Crippen molar-refractivity contribution in [2.45, 2.75) is 0 Å². The molecule has 3 nitrogen and oxygen atoms in total. The van der Waals surface area contributed by atoms with Crippen molar-refractivity contribution in [1.29, 1.82) is 0 Å². The minimum absolute atomic E-state index is 0.0712. The predicted molar refractivity (Wildman–Crippen MR) is 254 cm³/mol. The van der Waals surface area contributed by atoms with Crippen LogP contribution in [0.25, 0.3) is 121 Å². The summed E-state index contributed by atoms with van der Waals surface area (Å²) in [6.45, 7) is 0. The Morgan fingerprint density at radius 3 is 1.57 bits per heavy atom. The lowest BCUT2D eigenvalue weighted by Crippen LogP contribution is -1.93. The molecule has 284 valence electrons. The highest BCUT2D eigenvalue weighted by Gasteiger charge is 2.29. The van der Waals surface area contributed by atoms with Gasteiger partial charge in [-0.25, -0.2) is 4.98 Å². The fourth-order valence-electron chi connectivity index (χ4n) is 7.91. The number of benzene rings is 9. The first-order chi connectivity index (χ1) is 40.7. The van der Waals surface area contributed by atoms with E-state index in [1.165, 1.54) is 12.1 Å². The highest BCUT2D eigenvalue weighted by atomic mass is 16.3. The standard InChI is InChI=1S/C58H36N2O/c1-4-17-37(18-5-1)51-45-26-12-14-28-47(45)53(48-29-15-13-27-46(48)51)58-52(38-19-6-2-7-20-38)54(57(61-58)41-21-8-3-9-22-41)49-34-33-44(42-24-10-11-25-43(42)49)50-35-32-40-31-30-39-23-16-36-59-55(39)56(40)60-50/h1-36H/i1D,2D,4D,5D,6D,7D,12D,13D,14D,15D,16D,17D,18D,19D,20D,23D,26D,27D,28D,29D,30D,31D,32D,35D,36D. The van der Waals surface area contributed by atoms with Crippen LogP contribution in [0.2, 0.25) is 0 Å². The Hall–Kier alpha value is -8.14. The second kappa shape index (κ2) is 14.3. The summed E-state index contributed by atoms with van der Waals surface area (Å²) in [5.74, 6) is -0.723. The van der Waals surface area contributed by atoms with Gasteiger partial charge in [-0.1, -0.05) is 200 Å². The topological polar surface area (TPSA) is 38.9 Å². The van der Waals surface area contributed by atoms with E-state index in [0.29, 0.717) is 0 Å². The fraction of sp³-hybridized carbons (Fsp3) is 0. The first-order valence-corrected chi connectivity index (χ1v) is 18.7. The molecule has 3 heteroatoms. The number of nitrogens with zero attached hydrogens (tertiary/aromatic N) is 2. The summed E-state index contributed by atoms with van der Waals surface area (Å²) in [4.78, 5) is 8.97. The maximum Gasteiger partial charge on any atom is 0.144 e. The summed E-state index contributed by atoms with van der Waals surface area (Å²) in [6.07, 6.45) is -0.643. The molecule has 61 heavy (non-hydrogen) atoms. The van der Waals surface area contributed by atoms with Crippen molar-refractivity contribution in [2.24, 2.45) is 0 Å². The lowest BCUT2D eigenvalue weighted by atomic mass is 9.84. The van der Waals surface area contributed by atoms with Gasteiger partial charge in [-0.2, -0.15) is 0 Å². The van der Waals surface area contributed by atoms with Gasteiger partial charge >= 0.3 is 0 Å². The van der Waals surface area contributed by atoms with Gasteiger partial charge in [-0.15, -0.1) is 0 Å². The Bertz CT molecular complexity index is 4980. The minimum atomic E-state index is -0.909. The fourth-order valence-corrected chi connectivity index (χ4v) is 7.91. The Morgan fingerprint density at radius 2 is 0.902 bits per heavy atom. The van der Waals surface area contributed by atoms with Crippen molar-refractivity contribution in [3.63, 3.8) is 0 Å². The second-order valence-corrected chi connectivity index (χ2v) is 13.7. The molecule has 0 aliphatic heterocycles. The zero-order chi connectivity index (χ0) is 62.0. The van der Waals surface area contributed by atoms with Crippen molar-refractivity contribution in [3.05, 3.63) is 218 Å². The SMILES string of the molecule is [2H]c1nc2c(c([2H])c1[2H])c([2H])c([2H])c1c([2H])c([2H])c(-c3ccc(-c4c(-c5ccccc5)oc(-c5c6c([2H])c([2H])c([2H])c([2H])c6c(-c6c([2H])c([2H])c([2H])c([2H])c6[2H])c6c([2H])c([2H])c([2H])c([2H])c56)c4-c4c([2H])c([2H])c([2H])c([2H])c4[2H])c4ccccc34)nc12. The lowest BCUT2D eigenvalue weighted by molar-refractivity contribution is 0.600. The summed E-state index contributed by atoms with van der Waals surface area (Å²) in [5.41, 5.74) is -2.95. The average molecular weight is 802 g/mol. The van der Waals surface area contributed by atoms with Crippen LogP contribution >= 0.6 is 0 Å². The van der Waals surface area contributed by atoms with Gasteiger partial charge in [-0.05, 0) is 66.7 Å². The van der Waals surface area contributed by atoms with Crippen molar-refractivity contribution in [2.75, 3.05) is 0 Å². The molecule has 0 aliphatic carbocycles. The van der Waals surface area contributed by atoms with E-state index in [1.54, 1.807) is 54.6 Å². The Labute approximate surface area is 388 Å². The lowest BCUT2D eigenvalue weighted by Gasteiger charge is -2.18. The number of hydrogen-bond acceptors (Lipinski definition) is 3. The molecule has 0 bridgehead atoms. The number of pyridine rings is 2. The maximum atomic E-state index is 9.77. The first kappa shape index (κ1) is 18.0. The molecule has 0 unspecified atom stereocenters. The molecule has 0 radical (unpaired) electrons. The Balaban J connectivity index is 1.33. The van der Waals surface area contributed by atoms with Gasteiger partial charge in [0.15, 0.2) is 0 Å². The van der Waals surface area contributed by atoms with Gasteiger partial charge in [-0.3, -0.25) is 4.98 Å². The van der Waals surface area contributed by atoms with Crippen LogP contribution in [-0.2, 0) is 0 Å². The number of rotatable bonds is 6. The van der Waals surface area contributed by atoms with Crippen molar-refractivity contribution in [1.82, 2.24) is 9.97 Å². The van der Waals surface area contributed by atoms with Gasteiger partial charge in [0.2, 0.25) is 0 Å². The summed E-state index contributed by atoms with van der Waals surface area (Å²) in [7, 11) is 0.